The van der Waals surface area contributed by atoms with Crippen molar-refractivity contribution in [1.82, 2.24) is 15.5 Å². The number of carbonyl (C=O) groups excluding carboxylic acids is 1. The zero-order valence-electron chi connectivity index (χ0n) is 11.9. The molecule has 2 aliphatic rings. The fraction of sp³-hybridized carbons (Fsp3) is 0.929. The van der Waals surface area contributed by atoms with E-state index in [-0.39, 0.29) is 12.1 Å². The van der Waals surface area contributed by atoms with Gasteiger partial charge in [0.25, 0.3) is 0 Å². The lowest BCUT2D eigenvalue weighted by Gasteiger charge is -2.38. The first-order valence-corrected chi connectivity index (χ1v) is 7.43. The predicted molar refractivity (Wildman–Crippen MR) is 73.6 cm³/mol. The van der Waals surface area contributed by atoms with Crippen LogP contribution in [-0.2, 0) is 0 Å². The highest BCUT2D eigenvalue weighted by atomic mass is 16.2. The molecule has 0 aliphatic carbocycles. The topological polar surface area (TPSA) is 44.4 Å². The quantitative estimate of drug-likeness (QED) is 0.806. The Morgan fingerprint density at radius 3 is 2.44 bits per heavy atom. The van der Waals surface area contributed by atoms with Crippen LogP contribution >= 0.6 is 0 Å². The van der Waals surface area contributed by atoms with Gasteiger partial charge in [0, 0.05) is 30.7 Å². The van der Waals surface area contributed by atoms with Crippen molar-refractivity contribution < 1.29 is 4.79 Å². The van der Waals surface area contributed by atoms with Crippen LogP contribution in [0.15, 0.2) is 0 Å². The Labute approximate surface area is 110 Å². The molecule has 2 saturated heterocycles. The average Bonchev–Trinajstić information content (AvgIpc) is 2.64. The third kappa shape index (κ3) is 3.16. The van der Waals surface area contributed by atoms with Crippen LogP contribution in [0.4, 0.5) is 4.79 Å². The number of urea groups is 1. The molecule has 4 nitrogen and oxygen atoms in total. The monoisotopic (exact) mass is 253 g/mol. The highest BCUT2D eigenvalue weighted by Crippen LogP contribution is 2.29. The summed E-state index contributed by atoms with van der Waals surface area (Å²) in [7, 11) is 0. The summed E-state index contributed by atoms with van der Waals surface area (Å²) in [5.74, 6) is 0. The molecule has 2 aliphatic heterocycles. The van der Waals surface area contributed by atoms with E-state index < -0.39 is 0 Å². The maximum Gasteiger partial charge on any atom is 0.317 e. The van der Waals surface area contributed by atoms with Crippen molar-refractivity contribution in [2.75, 3.05) is 6.54 Å². The number of hydrogen-bond acceptors (Lipinski definition) is 2. The zero-order chi connectivity index (χ0) is 13.1. The first-order chi connectivity index (χ1) is 8.60. The molecular weight excluding hydrogens is 226 g/mol. The Bertz CT molecular complexity index is 281. The Hall–Kier alpha value is -0.770. The van der Waals surface area contributed by atoms with Crippen molar-refractivity contribution in [2.24, 2.45) is 0 Å². The van der Waals surface area contributed by atoms with E-state index in [2.05, 4.69) is 22.5 Å². The van der Waals surface area contributed by atoms with Crippen LogP contribution in [-0.4, -0.2) is 41.6 Å². The summed E-state index contributed by atoms with van der Waals surface area (Å²) in [4.78, 5) is 14.3. The van der Waals surface area contributed by atoms with Crippen LogP contribution in [0.25, 0.3) is 0 Å². The predicted octanol–water partition coefficient (Wildman–Crippen LogP) is 2.10. The number of nitrogens with zero attached hydrogens (tertiary/aromatic N) is 1. The molecule has 18 heavy (non-hydrogen) atoms. The van der Waals surface area contributed by atoms with Crippen LogP contribution in [0.1, 0.15) is 52.9 Å². The molecule has 2 bridgehead atoms. The van der Waals surface area contributed by atoms with E-state index >= 15 is 0 Å². The van der Waals surface area contributed by atoms with Crippen molar-refractivity contribution in [1.29, 1.82) is 0 Å². The summed E-state index contributed by atoms with van der Waals surface area (Å²) in [6.07, 6.45) is 5.86. The lowest BCUT2D eigenvalue weighted by atomic mass is 9.98. The van der Waals surface area contributed by atoms with Gasteiger partial charge in [-0.05, 0) is 46.0 Å². The van der Waals surface area contributed by atoms with E-state index in [0.717, 1.165) is 25.8 Å². The Morgan fingerprint density at radius 2 is 1.94 bits per heavy atom. The third-order valence-electron chi connectivity index (χ3n) is 4.03. The van der Waals surface area contributed by atoms with Gasteiger partial charge in [0.2, 0.25) is 0 Å². The molecule has 0 saturated carbocycles. The van der Waals surface area contributed by atoms with Gasteiger partial charge in [-0.25, -0.2) is 4.79 Å². The van der Waals surface area contributed by atoms with Crippen LogP contribution in [0.2, 0.25) is 0 Å². The molecule has 2 heterocycles. The minimum Gasteiger partial charge on any atom is -0.336 e. The largest absolute Gasteiger partial charge is 0.336 e. The Balaban J connectivity index is 1.98. The van der Waals surface area contributed by atoms with Gasteiger partial charge in [0.1, 0.15) is 0 Å². The maximum absolute atomic E-state index is 12.3. The van der Waals surface area contributed by atoms with Crippen molar-refractivity contribution in [2.45, 2.75) is 77.0 Å². The van der Waals surface area contributed by atoms with Crippen molar-refractivity contribution >= 4 is 6.03 Å². The molecule has 0 spiro atoms. The first-order valence-electron chi connectivity index (χ1n) is 7.43. The standard InChI is InChI=1S/C14H27N3O/c1-4-7-17(14(18)15-10(2)3)13-8-11-5-6-12(9-13)16-11/h10-13,16H,4-9H2,1-3H3,(H,15,18). The van der Waals surface area contributed by atoms with Crippen LogP contribution < -0.4 is 10.6 Å². The van der Waals surface area contributed by atoms with Gasteiger partial charge in [-0.1, -0.05) is 6.92 Å². The molecule has 2 amide bonds. The number of piperidine rings is 1. The summed E-state index contributed by atoms with van der Waals surface area (Å²) in [5.41, 5.74) is 0. The summed E-state index contributed by atoms with van der Waals surface area (Å²) in [5, 5.41) is 6.68. The minimum atomic E-state index is 0.123. The lowest BCUT2D eigenvalue weighted by Crippen LogP contribution is -2.54. The molecule has 0 radical (unpaired) electrons. The second kappa shape index (κ2) is 5.91. The minimum absolute atomic E-state index is 0.123. The lowest BCUT2D eigenvalue weighted by molar-refractivity contribution is 0.145. The van der Waals surface area contributed by atoms with Crippen LogP contribution in [0.5, 0.6) is 0 Å². The number of rotatable bonds is 4. The second-order valence-electron chi connectivity index (χ2n) is 6.06. The molecule has 2 N–H and O–H groups in total. The maximum atomic E-state index is 12.3. The summed E-state index contributed by atoms with van der Waals surface area (Å²) in [6.45, 7) is 7.07. The SMILES string of the molecule is CCCN(C(=O)NC(C)C)C1CC2CCC(C1)N2. The highest BCUT2D eigenvalue weighted by molar-refractivity contribution is 5.74. The Morgan fingerprint density at radius 1 is 1.33 bits per heavy atom. The van der Waals surface area contributed by atoms with Gasteiger partial charge in [0.05, 0.1) is 0 Å². The highest BCUT2D eigenvalue weighted by Gasteiger charge is 2.37. The fourth-order valence-electron chi connectivity index (χ4n) is 3.30. The summed E-state index contributed by atoms with van der Waals surface area (Å²) >= 11 is 0. The molecule has 104 valence electrons. The van der Waals surface area contributed by atoms with Gasteiger partial charge in [-0.2, -0.15) is 0 Å². The van der Waals surface area contributed by atoms with Crippen molar-refractivity contribution in [3.8, 4) is 0 Å². The number of carbonyl (C=O) groups is 1. The molecule has 2 fully saturated rings. The smallest absolute Gasteiger partial charge is 0.317 e. The van der Waals surface area contributed by atoms with E-state index in [1.165, 1.54) is 12.8 Å². The van der Waals surface area contributed by atoms with Crippen LogP contribution in [0, 0.1) is 0 Å². The van der Waals surface area contributed by atoms with Gasteiger partial charge in [0.15, 0.2) is 0 Å². The molecule has 0 aromatic rings. The summed E-state index contributed by atoms with van der Waals surface area (Å²) in [6, 6.07) is 2.05. The first kappa shape index (κ1) is 13.7. The van der Waals surface area contributed by atoms with E-state index in [0.29, 0.717) is 18.1 Å². The zero-order valence-corrected chi connectivity index (χ0v) is 11.9. The molecule has 2 rings (SSSR count). The Kier molecular flexibility index (Phi) is 4.49. The third-order valence-corrected chi connectivity index (χ3v) is 4.03. The second-order valence-corrected chi connectivity index (χ2v) is 6.06. The van der Waals surface area contributed by atoms with E-state index in [1.54, 1.807) is 0 Å². The van der Waals surface area contributed by atoms with E-state index in [1.807, 2.05) is 13.8 Å². The van der Waals surface area contributed by atoms with Crippen LogP contribution in [0.3, 0.4) is 0 Å². The van der Waals surface area contributed by atoms with Crippen molar-refractivity contribution in [3.05, 3.63) is 0 Å². The normalized spacial score (nSPS) is 30.6. The van der Waals surface area contributed by atoms with Gasteiger partial charge in [-0.3, -0.25) is 0 Å². The molecule has 0 aromatic carbocycles. The van der Waals surface area contributed by atoms with Gasteiger partial charge >= 0.3 is 6.03 Å². The molecule has 4 heteroatoms. The average molecular weight is 253 g/mol. The number of hydrogen-bond donors (Lipinski definition) is 2. The van der Waals surface area contributed by atoms with Gasteiger partial charge < -0.3 is 15.5 Å². The van der Waals surface area contributed by atoms with E-state index in [9.17, 15) is 4.79 Å². The van der Waals surface area contributed by atoms with Gasteiger partial charge in [-0.15, -0.1) is 0 Å². The molecule has 2 unspecified atom stereocenters. The number of nitrogens with one attached hydrogen (secondary N) is 2. The molecular formula is C14H27N3O. The summed E-state index contributed by atoms with van der Waals surface area (Å²) < 4.78 is 0. The molecule has 0 aromatic heterocycles. The van der Waals surface area contributed by atoms with Crippen molar-refractivity contribution in [3.63, 3.8) is 0 Å². The van der Waals surface area contributed by atoms with E-state index in [4.69, 9.17) is 0 Å². The molecule has 2 atom stereocenters. The number of amides is 2. The number of fused-ring (bicyclic) bond motifs is 2. The fourth-order valence-corrected chi connectivity index (χ4v) is 3.30.